The summed E-state index contributed by atoms with van der Waals surface area (Å²) in [4.78, 5) is 42.1. The average Bonchev–Trinajstić information content (AvgIpc) is 3.47. The van der Waals surface area contributed by atoms with Crippen molar-refractivity contribution in [3.63, 3.8) is 0 Å². The van der Waals surface area contributed by atoms with Gasteiger partial charge in [-0.1, -0.05) is 39.5 Å². The van der Waals surface area contributed by atoms with Gasteiger partial charge in [-0.15, -0.1) is 0 Å². The number of hydrogen-bond acceptors (Lipinski definition) is 7. The lowest BCUT2D eigenvalue weighted by atomic mass is 9.43. The van der Waals surface area contributed by atoms with Crippen LogP contribution >= 0.6 is 11.8 Å². The smallest absolute Gasteiger partial charge is 0.404 e. The van der Waals surface area contributed by atoms with Gasteiger partial charge in [-0.05, 0) is 62.2 Å². The number of hydrogen-bond donors (Lipinski definition) is 5. The molecule has 3 saturated carbocycles. The molecule has 0 aromatic carbocycles. The molecule has 0 unspecified atom stereocenters. The van der Waals surface area contributed by atoms with Gasteiger partial charge in [0.25, 0.3) is 5.24 Å². The van der Waals surface area contributed by atoms with Crippen LogP contribution in [-0.4, -0.2) is 79.2 Å². The van der Waals surface area contributed by atoms with Crippen LogP contribution in [-0.2, 0) is 18.9 Å². The molecule has 6 N–H and O–H groups in total. The minimum atomic E-state index is -0.790. The summed E-state index contributed by atoms with van der Waals surface area (Å²) in [6.45, 7) is 11.5. The molecular weight excluding hydrogens is 519 g/mol. The summed E-state index contributed by atoms with van der Waals surface area (Å²) in [6, 6.07) is -1.45. The number of amides is 3. The molecule has 2 aliphatic heterocycles. The van der Waals surface area contributed by atoms with Crippen molar-refractivity contribution in [2.45, 2.75) is 96.5 Å². The molecule has 5 fully saturated rings. The summed E-state index contributed by atoms with van der Waals surface area (Å²) in [6.07, 6.45) is 3.78. The molecule has 0 radical (unpaired) electrons. The van der Waals surface area contributed by atoms with Gasteiger partial charge in [-0.25, -0.2) is 0 Å². The van der Waals surface area contributed by atoms with Crippen molar-refractivity contribution in [3.8, 4) is 0 Å². The summed E-state index contributed by atoms with van der Waals surface area (Å²) in [5.41, 5.74) is 5.57. The Kier molecular flexibility index (Phi) is 9.12. The number of thioether (sulfide) groups is 1. The molecule has 39 heavy (non-hydrogen) atoms. The average molecular weight is 565 g/mol. The second-order valence-electron chi connectivity index (χ2n) is 12.6. The van der Waals surface area contributed by atoms with Gasteiger partial charge >= 0.3 is 7.12 Å². The van der Waals surface area contributed by atoms with E-state index in [1.165, 1.54) is 0 Å². The van der Waals surface area contributed by atoms with Crippen molar-refractivity contribution < 1.29 is 23.7 Å². The molecule has 11 nitrogen and oxygen atoms in total. The molecule has 13 heteroatoms. The van der Waals surface area contributed by atoms with Crippen molar-refractivity contribution in [1.29, 1.82) is 0 Å². The largest absolute Gasteiger partial charge is 0.481 e. The third kappa shape index (κ3) is 6.35. The Morgan fingerprint density at radius 2 is 2.00 bits per heavy atom. The van der Waals surface area contributed by atoms with Crippen LogP contribution in [0.3, 0.4) is 0 Å². The molecule has 5 aliphatic rings. The molecule has 7 atom stereocenters. The molecule has 2 saturated heterocycles. The first-order valence-electron chi connectivity index (χ1n) is 14.2. The van der Waals surface area contributed by atoms with Crippen molar-refractivity contribution in [2.24, 2.45) is 33.9 Å². The molecule has 218 valence electrons. The van der Waals surface area contributed by atoms with Gasteiger partial charge in [-0.2, -0.15) is 0 Å². The number of aliphatic imine (C=N–C) groups is 1. The molecule has 2 bridgehead atoms. The number of nitrogens with two attached hydrogens (primary N) is 1. The van der Waals surface area contributed by atoms with E-state index in [2.05, 4.69) is 60.9 Å². The third-order valence-corrected chi connectivity index (χ3v) is 10.1. The quantitative estimate of drug-likeness (QED) is 0.109. The number of guanidine groups is 1. The van der Waals surface area contributed by atoms with E-state index in [9.17, 15) is 14.4 Å². The van der Waals surface area contributed by atoms with E-state index >= 15 is 0 Å². The number of carbonyl (C=O) groups is 3. The third-order valence-electron chi connectivity index (χ3n) is 9.19. The van der Waals surface area contributed by atoms with Gasteiger partial charge in [0.05, 0.1) is 17.6 Å². The van der Waals surface area contributed by atoms with Crippen LogP contribution in [0.4, 0.5) is 4.79 Å². The summed E-state index contributed by atoms with van der Waals surface area (Å²) in [7, 11) is 1.04. The second-order valence-corrected chi connectivity index (χ2v) is 13.6. The molecular formula is C26H45BN6O5S. The number of nitrogens with zero attached hydrogens (tertiary/aromatic N) is 1. The Labute approximate surface area is 236 Å². The van der Waals surface area contributed by atoms with Crippen LogP contribution in [0.1, 0.15) is 66.7 Å². The molecule has 3 aliphatic carbocycles. The standard InChI is InChI=1S/C26H45BN6O5S/c1-14(2)10-20(27-37-19-12-15-11-18(25(15,3)4)26(19,5)38-27)33-21(34)16(8-7-9-30-23(28)29-6)31-22(35)17-13-39-24(36)32-17/h14-20H,7-13H2,1-6H3,(H,31,35)(H,32,36)(H,33,34)(H3,28,29,30)/t15-,16-,17+,18-,19+,20-,26-/m0/s1. The van der Waals surface area contributed by atoms with E-state index in [-0.39, 0.29) is 40.1 Å². The van der Waals surface area contributed by atoms with Crippen molar-refractivity contribution >= 4 is 41.9 Å². The van der Waals surface area contributed by atoms with Gasteiger partial charge in [-0.3, -0.25) is 19.4 Å². The summed E-state index contributed by atoms with van der Waals surface area (Å²) in [5.74, 6) is 0.981. The zero-order valence-electron chi connectivity index (χ0n) is 24.0. The molecule has 5 rings (SSSR count). The van der Waals surface area contributed by atoms with E-state index in [1.54, 1.807) is 7.05 Å². The highest BCUT2D eigenvalue weighted by Gasteiger charge is 2.68. The summed E-state index contributed by atoms with van der Waals surface area (Å²) in [5, 5.41) is 11.4. The second kappa shape index (κ2) is 11.9. The Balaban J connectivity index is 1.44. The van der Waals surface area contributed by atoms with E-state index in [0.717, 1.165) is 24.6 Å². The van der Waals surface area contributed by atoms with Crippen molar-refractivity contribution in [3.05, 3.63) is 0 Å². The lowest BCUT2D eigenvalue weighted by Gasteiger charge is -2.64. The van der Waals surface area contributed by atoms with E-state index in [4.69, 9.17) is 15.0 Å². The van der Waals surface area contributed by atoms with E-state index < -0.39 is 19.2 Å². The van der Waals surface area contributed by atoms with E-state index in [1.807, 2.05) is 0 Å². The molecule has 2 heterocycles. The van der Waals surface area contributed by atoms with Gasteiger partial charge in [0.15, 0.2) is 5.96 Å². The molecule has 0 aromatic rings. The highest BCUT2D eigenvalue weighted by Crippen LogP contribution is 2.65. The van der Waals surface area contributed by atoms with Crippen LogP contribution in [0.2, 0.25) is 0 Å². The lowest BCUT2D eigenvalue weighted by Crippen LogP contribution is -2.65. The fraction of sp³-hybridized carbons (Fsp3) is 0.846. The zero-order chi connectivity index (χ0) is 28.5. The molecule has 0 aromatic heterocycles. The van der Waals surface area contributed by atoms with Crippen molar-refractivity contribution in [1.82, 2.24) is 21.3 Å². The first-order chi connectivity index (χ1) is 18.3. The maximum absolute atomic E-state index is 13.7. The summed E-state index contributed by atoms with van der Waals surface area (Å²) >= 11 is 1.06. The Hall–Kier alpha value is -1.99. The minimum Gasteiger partial charge on any atom is -0.404 e. The number of nitrogens with one attached hydrogen (secondary N) is 4. The first-order valence-corrected chi connectivity index (χ1v) is 15.2. The number of carbonyl (C=O) groups excluding carboxylic acids is 3. The minimum absolute atomic E-state index is 0.0154. The maximum Gasteiger partial charge on any atom is 0.481 e. The van der Waals surface area contributed by atoms with Gasteiger partial charge in [0.2, 0.25) is 11.8 Å². The van der Waals surface area contributed by atoms with Crippen LogP contribution in [0.15, 0.2) is 4.99 Å². The molecule has 0 spiro atoms. The van der Waals surface area contributed by atoms with Crippen molar-refractivity contribution in [2.75, 3.05) is 19.3 Å². The zero-order valence-corrected chi connectivity index (χ0v) is 24.9. The van der Waals surface area contributed by atoms with E-state index in [0.29, 0.717) is 55.3 Å². The summed E-state index contributed by atoms with van der Waals surface area (Å²) < 4.78 is 13.2. The van der Waals surface area contributed by atoms with Gasteiger partial charge in [0, 0.05) is 19.3 Å². The van der Waals surface area contributed by atoms with Crippen LogP contribution < -0.4 is 27.0 Å². The number of rotatable bonds is 11. The maximum atomic E-state index is 13.7. The monoisotopic (exact) mass is 564 g/mol. The Bertz CT molecular complexity index is 982. The fourth-order valence-electron chi connectivity index (χ4n) is 6.77. The lowest BCUT2D eigenvalue weighted by molar-refractivity contribution is -0.199. The predicted molar refractivity (Wildman–Crippen MR) is 153 cm³/mol. The van der Waals surface area contributed by atoms with Crippen LogP contribution in [0, 0.1) is 23.2 Å². The van der Waals surface area contributed by atoms with Crippen LogP contribution in [0.25, 0.3) is 0 Å². The van der Waals surface area contributed by atoms with Gasteiger partial charge < -0.3 is 36.3 Å². The normalized spacial score (nSPS) is 32.6. The highest BCUT2D eigenvalue weighted by molar-refractivity contribution is 8.14. The topological polar surface area (TPSA) is 156 Å². The predicted octanol–water partition coefficient (Wildman–Crippen LogP) is 1.41. The highest BCUT2D eigenvalue weighted by atomic mass is 32.2. The Morgan fingerprint density at radius 3 is 2.62 bits per heavy atom. The van der Waals surface area contributed by atoms with Gasteiger partial charge in [0.1, 0.15) is 12.1 Å². The Morgan fingerprint density at radius 1 is 1.26 bits per heavy atom. The molecule has 3 amide bonds. The fourth-order valence-corrected chi connectivity index (χ4v) is 7.55. The SMILES string of the molecule is CN=C(N)NCCC[C@H](NC(=O)[C@H]1CSC(=O)N1)C(=O)N[C@@H](CC(C)C)B1O[C@@H]2C[C@@H]3C[C@@H](C3(C)C)[C@]2(C)O1. The first kappa shape index (κ1) is 30.0. The van der Waals surface area contributed by atoms with Crippen LogP contribution in [0.5, 0.6) is 0 Å².